The van der Waals surface area contributed by atoms with Crippen molar-refractivity contribution >= 4 is 10.0 Å². The number of aryl methyl sites for hydroxylation is 1. The van der Waals surface area contributed by atoms with Crippen LogP contribution < -0.4 is 5.32 Å². The van der Waals surface area contributed by atoms with E-state index in [1.807, 2.05) is 14.0 Å². The van der Waals surface area contributed by atoms with Gasteiger partial charge < -0.3 is 5.32 Å². The Labute approximate surface area is 120 Å². The van der Waals surface area contributed by atoms with Gasteiger partial charge in [-0.25, -0.2) is 12.7 Å². The minimum Gasteiger partial charge on any atom is -0.308 e. The van der Waals surface area contributed by atoms with Gasteiger partial charge in [0.1, 0.15) is 0 Å². The Hall–Kier alpha value is -0.990. The molecule has 8 heteroatoms. The molecule has 2 heterocycles. The number of sulfonamides is 1. The summed E-state index contributed by atoms with van der Waals surface area (Å²) in [6, 6.07) is 0.359. The predicted octanol–water partition coefficient (Wildman–Crippen LogP) is 0.109. The molecule has 1 aliphatic rings. The van der Waals surface area contributed by atoms with Crippen LogP contribution in [0.25, 0.3) is 0 Å². The van der Waals surface area contributed by atoms with Gasteiger partial charge in [-0.1, -0.05) is 12.1 Å². The van der Waals surface area contributed by atoms with E-state index < -0.39 is 10.0 Å². The molecule has 1 aliphatic heterocycles. The second-order valence-electron chi connectivity index (χ2n) is 5.22. The monoisotopic (exact) mass is 301 g/mol. The maximum Gasteiger partial charge on any atom is 0.214 e. The van der Waals surface area contributed by atoms with Gasteiger partial charge in [-0.2, -0.15) is 0 Å². The van der Waals surface area contributed by atoms with E-state index in [4.69, 9.17) is 0 Å². The maximum atomic E-state index is 12.0. The van der Waals surface area contributed by atoms with Crippen molar-refractivity contribution in [2.24, 2.45) is 7.05 Å². The molecule has 1 saturated heterocycles. The molecule has 20 heavy (non-hydrogen) atoms. The van der Waals surface area contributed by atoms with Crippen molar-refractivity contribution in [1.29, 1.82) is 0 Å². The molecule has 0 bridgehead atoms. The fourth-order valence-electron chi connectivity index (χ4n) is 2.45. The third-order valence-corrected chi connectivity index (χ3v) is 5.77. The predicted molar refractivity (Wildman–Crippen MR) is 76.5 cm³/mol. The van der Waals surface area contributed by atoms with E-state index in [1.165, 1.54) is 0 Å². The normalized spacial score (nSPS) is 18.5. The Morgan fingerprint density at radius 1 is 1.40 bits per heavy atom. The van der Waals surface area contributed by atoms with E-state index in [1.54, 1.807) is 15.2 Å². The van der Waals surface area contributed by atoms with Crippen LogP contribution in [0, 0.1) is 0 Å². The Morgan fingerprint density at radius 3 is 2.65 bits per heavy atom. The summed E-state index contributed by atoms with van der Waals surface area (Å²) in [5.74, 6) is 0.256. The zero-order valence-electron chi connectivity index (χ0n) is 12.1. The average molecular weight is 301 g/mol. The van der Waals surface area contributed by atoms with Crippen LogP contribution >= 0.6 is 0 Å². The Bertz CT molecular complexity index is 520. The van der Waals surface area contributed by atoms with E-state index >= 15 is 0 Å². The van der Waals surface area contributed by atoms with Gasteiger partial charge in [-0.3, -0.25) is 4.68 Å². The first-order chi connectivity index (χ1) is 9.53. The summed E-state index contributed by atoms with van der Waals surface area (Å²) in [6.45, 7) is 3.84. The summed E-state index contributed by atoms with van der Waals surface area (Å²) < 4.78 is 27.3. The molecule has 2 rings (SSSR count). The van der Waals surface area contributed by atoms with Crippen LogP contribution in [0.4, 0.5) is 0 Å². The van der Waals surface area contributed by atoms with Crippen LogP contribution in [0.15, 0.2) is 6.20 Å². The molecular formula is C12H23N5O2S. The average Bonchev–Trinajstić information content (AvgIpc) is 2.82. The van der Waals surface area contributed by atoms with E-state index in [2.05, 4.69) is 15.6 Å². The van der Waals surface area contributed by atoms with E-state index in [-0.39, 0.29) is 5.75 Å². The third kappa shape index (κ3) is 3.77. The summed E-state index contributed by atoms with van der Waals surface area (Å²) in [6.07, 6.45) is 4.13. The summed E-state index contributed by atoms with van der Waals surface area (Å²) in [4.78, 5) is 0. The zero-order valence-corrected chi connectivity index (χ0v) is 12.9. The minimum atomic E-state index is -3.04. The Balaban J connectivity index is 1.79. The lowest BCUT2D eigenvalue weighted by molar-refractivity contribution is 0.287. The van der Waals surface area contributed by atoms with Crippen LogP contribution in [0.1, 0.15) is 31.9 Å². The van der Waals surface area contributed by atoms with Crippen molar-refractivity contribution < 1.29 is 8.42 Å². The van der Waals surface area contributed by atoms with E-state index in [0.717, 1.165) is 25.1 Å². The van der Waals surface area contributed by atoms with Gasteiger partial charge in [0.2, 0.25) is 10.0 Å². The number of piperidine rings is 1. The number of nitrogens with zero attached hydrogens (tertiary/aromatic N) is 4. The van der Waals surface area contributed by atoms with Gasteiger partial charge in [0, 0.05) is 32.7 Å². The molecule has 7 nitrogen and oxygen atoms in total. The van der Waals surface area contributed by atoms with Crippen molar-refractivity contribution in [2.45, 2.75) is 38.8 Å². The van der Waals surface area contributed by atoms with Gasteiger partial charge in [-0.15, -0.1) is 5.10 Å². The van der Waals surface area contributed by atoms with Crippen molar-refractivity contribution in [3.8, 4) is 0 Å². The molecule has 0 aromatic carbocycles. The number of aromatic nitrogens is 3. The first-order valence-electron chi connectivity index (χ1n) is 7.07. The van der Waals surface area contributed by atoms with E-state index in [0.29, 0.717) is 25.6 Å². The first kappa shape index (κ1) is 15.4. The summed E-state index contributed by atoms with van der Waals surface area (Å²) >= 11 is 0. The lowest BCUT2D eigenvalue weighted by Crippen LogP contribution is -2.45. The van der Waals surface area contributed by atoms with Crippen molar-refractivity contribution in [1.82, 2.24) is 24.6 Å². The van der Waals surface area contributed by atoms with Gasteiger partial charge in [0.15, 0.2) is 0 Å². The Morgan fingerprint density at radius 2 is 2.10 bits per heavy atom. The summed E-state index contributed by atoms with van der Waals surface area (Å²) in [7, 11) is -1.18. The van der Waals surface area contributed by atoms with Gasteiger partial charge in [-0.05, 0) is 19.3 Å². The van der Waals surface area contributed by atoms with Crippen LogP contribution in [0.2, 0.25) is 0 Å². The molecule has 0 spiro atoms. The molecule has 1 aromatic heterocycles. The van der Waals surface area contributed by atoms with Gasteiger partial charge >= 0.3 is 0 Å². The maximum absolute atomic E-state index is 12.0. The minimum absolute atomic E-state index is 0.256. The highest BCUT2D eigenvalue weighted by Gasteiger charge is 2.27. The molecule has 1 N–H and O–H groups in total. The largest absolute Gasteiger partial charge is 0.308 e. The molecule has 0 saturated carbocycles. The second-order valence-corrected chi connectivity index (χ2v) is 7.31. The highest BCUT2D eigenvalue weighted by Crippen LogP contribution is 2.15. The fraction of sp³-hybridized carbons (Fsp3) is 0.833. The van der Waals surface area contributed by atoms with Crippen molar-refractivity contribution in [3.63, 3.8) is 0 Å². The van der Waals surface area contributed by atoms with Crippen molar-refractivity contribution in [2.75, 3.05) is 18.8 Å². The first-order valence-corrected chi connectivity index (χ1v) is 8.68. The highest BCUT2D eigenvalue weighted by atomic mass is 32.2. The number of rotatable bonds is 6. The second kappa shape index (κ2) is 6.64. The SMILES string of the molecule is CCCS(=O)(=O)N1CCC(NCc2cnnn2C)CC1. The van der Waals surface area contributed by atoms with Gasteiger partial charge in [0.25, 0.3) is 0 Å². The summed E-state index contributed by atoms with van der Waals surface area (Å²) in [5.41, 5.74) is 1.03. The zero-order chi connectivity index (χ0) is 14.6. The standard InChI is InChI=1S/C12H23N5O2S/c1-3-8-20(18,19)17-6-4-11(5-7-17)13-9-12-10-14-15-16(12)2/h10-11,13H,3-9H2,1-2H3. The quantitative estimate of drug-likeness (QED) is 0.806. The topological polar surface area (TPSA) is 80.1 Å². The lowest BCUT2D eigenvalue weighted by Gasteiger charge is -2.31. The molecule has 0 atom stereocenters. The Kier molecular flexibility index (Phi) is 5.11. The number of nitrogens with one attached hydrogen (secondary N) is 1. The molecule has 1 fully saturated rings. The van der Waals surface area contributed by atoms with Crippen LogP contribution in [0.3, 0.4) is 0 Å². The van der Waals surface area contributed by atoms with Crippen LogP contribution in [-0.4, -0.2) is 52.6 Å². The lowest BCUT2D eigenvalue weighted by atomic mass is 10.1. The van der Waals surface area contributed by atoms with Crippen molar-refractivity contribution in [3.05, 3.63) is 11.9 Å². The smallest absolute Gasteiger partial charge is 0.214 e. The van der Waals surface area contributed by atoms with Gasteiger partial charge in [0.05, 0.1) is 17.6 Å². The summed E-state index contributed by atoms with van der Waals surface area (Å²) in [5, 5.41) is 11.2. The molecule has 0 unspecified atom stereocenters. The molecule has 0 amide bonds. The molecule has 0 radical (unpaired) electrons. The van der Waals surface area contributed by atoms with Crippen LogP contribution in [-0.2, 0) is 23.6 Å². The molecule has 1 aromatic rings. The fourth-order valence-corrected chi connectivity index (χ4v) is 3.99. The molecule has 114 valence electrons. The number of hydrogen-bond acceptors (Lipinski definition) is 5. The molecule has 0 aliphatic carbocycles. The highest BCUT2D eigenvalue weighted by molar-refractivity contribution is 7.89. The number of hydrogen-bond donors (Lipinski definition) is 1. The third-order valence-electron chi connectivity index (χ3n) is 3.69. The van der Waals surface area contributed by atoms with E-state index in [9.17, 15) is 8.42 Å². The molecular weight excluding hydrogens is 278 g/mol. The van der Waals surface area contributed by atoms with Crippen LogP contribution in [0.5, 0.6) is 0 Å².